The van der Waals surface area contributed by atoms with Crippen LogP contribution in [0.2, 0.25) is 5.02 Å². The molecule has 0 bridgehead atoms. The second kappa shape index (κ2) is 8.19. The van der Waals surface area contributed by atoms with E-state index in [1.165, 1.54) is 12.5 Å². The molecule has 3 N–H and O–H groups in total. The Balaban J connectivity index is 1.80. The standard InChI is InChI=1S/C15H16ClN3O4/c16-11-3-1-2-4-13(11)23-6-5-14(20)19-12(15(21)22)7-10-8-17-9-18-10/h1-4,8-9,12H,5-7H2,(H,17,18)(H,19,20)(H,21,22). The largest absolute Gasteiger partial charge is 0.491 e. The summed E-state index contributed by atoms with van der Waals surface area (Å²) >= 11 is 5.93. The van der Waals surface area contributed by atoms with E-state index in [-0.39, 0.29) is 19.4 Å². The van der Waals surface area contributed by atoms with Crippen molar-refractivity contribution >= 4 is 23.5 Å². The number of benzene rings is 1. The minimum Gasteiger partial charge on any atom is -0.491 e. The Morgan fingerprint density at radius 2 is 2.17 bits per heavy atom. The van der Waals surface area contributed by atoms with Gasteiger partial charge in [0.25, 0.3) is 0 Å². The zero-order valence-electron chi connectivity index (χ0n) is 12.2. The van der Waals surface area contributed by atoms with E-state index in [2.05, 4.69) is 15.3 Å². The first-order valence-electron chi connectivity index (χ1n) is 6.93. The van der Waals surface area contributed by atoms with Gasteiger partial charge in [0.2, 0.25) is 5.91 Å². The lowest BCUT2D eigenvalue weighted by Crippen LogP contribution is -2.42. The summed E-state index contributed by atoms with van der Waals surface area (Å²) in [5, 5.41) is 12.1. The highest BCUT2D eigenvalue weighted by Crippen LogP contribution is 2.22. The number of aliphatic carboxylic acids is 1. The molecule has 122 valence electrons. The first-order valence-corrected chi connectivity index (χ1v) is 7.31. The number of nitrogens with zero attached hydrogens (tertiary/aromatic N) is 1. The van der Waals surface area contributed by atoms with Crippen molar-refractivity contribution in [1.29, 1.82) is 0 Å². The first-order chi connectivity index (χ1) is 11.1. The average molecular weight is 338 g/mol. The zero-order chi connectivity index (χ0) is 16.7. The molecule has 0 aliphatic rings. The SMILES string of the molecule is O=C(CCOc1ccccc1Cl)NC(Cc1cnc[nH]1)C(=O)O. The van der Waals surface area contributed by atoms with Gasteiger partial charge in [-0.3, -0.25) is 4.79 Å². The number of ether oxygens (including phenoxy) is 1. The lowest BCUT2D eigenvalue weighted by atomic mass is 10.1. The molecule has 0 saturated carbocycles. The molecular weight excluding hydrogens is 322 g/mol. The first kappa shape index (κ1) is 16.8. The Morgan fingerprint density at radius 1 is 1.39 bits per heavy atom. The zero-order valence-corrected chi connectivity index (χ0v) is 12.9. The van der Waals surface area contributed by atoms with E-state index in [0.717, 1.165) is 0 Å². The van der Waals surface area contributed by atoms with Gasteiger partial charge in [-0.2, -0.15) is 0 Å². The van der Waals surface area contributed by atoms with E-state index in [0.29, 0.717) is 16.5 Å². The summed E-state index contributed by atoms with van der Waals surface area (Å²) in [7, 11) is 0. The van der Waals surface area contributed by atoms with Crippen LogP contribution in [0.4, 0.5) is 0 Å². The van der Waals surface area contributed by atoms with Gasteiger partial charge in [0.05, 0.1) is 24.4 Å². The van der Waals surface area contributed by atoms with Crippen LogP contribution in [-0.2, 0) is 16.0 Å². The number of aromatic amines is 1. The highest BCUT2D eigenvalue weighted by Gasteiger charge is 2.20. The van der Waals surface area contributed by atoms with Crippen molar-refractivity contribution in [3.63, 3.8) is 0 Å². The van der Waals surface area contributed by atoms with Gasteiger partial charge < -0.3 is 20.1 Å². The number of carbonyl (C=O) groups is 2. The number of hydrogen-bond donors (Lipinski definition) is 3. The van der Waals surface area contributed by atoms with Crippen molar-refractivity contribution in [2.45, 2.75) is 18.9 Å². The summed E-state index contributed by atoms with van der Waals surface area (Å²) in [6.07, 6.45) is 3.13. The summed E-state index contributed by atoms with van der Waals surface area (Å²) in [6, 6.07) is 5.89. The lowest BCUT2D eigenvalue weighted by Gasteiger charge is -2.14. The molecule has 1 aromatic heterocycles. The molecule has 7 nitrogen and oxygen atoms in total. The van der Waals surface area contributed by atoms with Crippen LogP contribution in [0, 0.1) is 0 Å². The number of rotatable bonds is 8. The molecule has 1 unspecified atom stereocenters. The van der Waals surface area contributed by atoms with Crippen LogP contribution in [0.5, 0.6) is 5.75 Å². The molecule has 0 radical (unpaired) electrons. The second-order valence-electron chi connectivity index (χ2n) is 4.77. The molecule has 2 rings (SSSR count). The monoisotopic (exact) mass is 337 g/mol. The topological polar surface area (TPSA) is 104 Å². The molecule has 1 heterocycles. The van der Waals surface area contributed by atoms with Crippen LogP contribution in [-0.4, -0.2) is 39.6 Å². The Kier molecular flexibility index (Phi) is 5.99. The molecular formula is C15H16ClN3O4. The number of carboxylic acids is 1. The van der Waals surface area contributed by atoms with Gasteiger partial charge in [0.1, 0.15) is 11.8 Å². The Bertz CT molecular complexity index is 661. The maximum absolute atomic E-state index is 11.8. The third-order valence-corrected chi connectivity index (χ3v) is 3.35. The maximum Gasteiger partial charge on any atom is 0.326 e. The fraction of sp³-hybridized carbons (Fsp3) is 0.267. The van der Waals surface area contributed by atoms with Crippen molar-refractivity contribution in [2.24, 2.45) is 0 Å². The van der Waals surface area contributed by atoms with Crippen LogP contribution in [0.25, 0.3) is 0 Å². The fourth-order valence-corrected chi connectivity index (χ4v) is 2.09. The lowest BCUT2D eigenvalue weighted by molar-refractivity contribution is -0.141. The second-order valence-corrected chi connectivity index (χ2v) is 5.18. The summed E-state index contributed by atoms with van der Waals surface area (Å²) in [5.41, 5.74) is 0.630. The number of carboxylic acid groups (broad SMARTS) is 1. The van der Waals surface area contributed by atoms with Crippen LogP contribution in [0.15, 0.2) is 36.8 Å². The number of halogens is 1. The van der Waals surface area contributed by atoms with Gasteiger partial charge in [0.15, 0.2) is 0 Å². The van der Waals surface area contributed by atoms with E-state index in [9.17, 15) is 9.59 Å². The van der Waals surface area contributed by atoms with Crippen LogP contribution in [0.3, 0.4) is 0 Å². The molecule has 23 heavy (non-hydrogen) atoms. The molecule has 2 aromatic rings. The predicted molar refractivity (Wildman–Crippen MR) is 83.4 cm³/mol. The van der Waals surface area contributed by atoms with Gasteiger partial charge >= 0.3 is 5.97 Å². The number of amides is 1. The predicted octanol–water partition coefficient (Wildman–Crippen LogP) is 1.64. The maximum atomic E-state index is 11.8. The van der Waals surface area contributed by atoms with Crippen molar-refractivity contribution in [1.82, 2.24) is 15.3 Å². The highest BCUT2D eigenvalue weighted by molar-refractivity contribution is 6.32. The number of para-hydroxylation sites is 1. The van der Waals surface area contributed by atoms with Gasteiger partial charge in [-0.25, -0.2) is 9.78 Å². The number of carbonyl (C=O) groups excluding carboxylic acids is 1. The number of nitrogens with one attached hydrogen (secondary N) is 2. The number of imidazole rings is 1. The third-order valence-electron chi connectivity index (χ3n) is 3.04. The Hall–Kier alpha value is -2.54. The normalized spacial score (nSPS) is 11.7. The van der Waals surface area contributed by atoms with Crippen molar-refractivity contribution in [3.8, 4) is 5.75 Å². The minimum absolute atomic E-state index is 0.0258. The quantitative estimate of drug-likeness (QED) is 0.679. The smallest absolute Gasteiger partial charge is 0.326 e. The van der Waals surface area contributed by atoms with Crippen molar-refractivity contribution < 1.29 is 19.4 Å². The number of H-pyrrole nitrogens is 1. The van der Waals surface area contributed by atoms with Gasteiger partial charge in [0, 0.05) is 18.3 Å². The molecule has 0 fully saturated rings. The summed E-state index contributed by atoms with van der Waals surface area (Å²) in [6.45, 7) is 0.103. The van der Waals surface area contributed by atoms with Crippen LogP contribution < -0.4 is 10.1 Å². The third kappa shape index (κ3) is 5.30. The number of aromatic nitrogens is 2. The van der Waals surface area contributed by atoms with Crippen LogP contribution >= 0.6 is 11.6 Å². The van der Waals surface area contributed by atoms with Gasteiger partial charge in [-0.05, 0) is 12.1 Å². The molecule has 1 atom stereocenters. The minimum atomic E-state index is -1.11. The Labute approximate surface area is 137 Å². The fourth-order valence-electron chi connectivity index (χ4n) is 1.90. The molecule has 1 amide bonds. The van der Waals surface area contributed by atoms with E-state index in [1.807, 2.05) is 0 Å². The summed E-state index contributed by atoms with van der Waals surface area (Å²) < 4.78 is 5.40. The van der Waals surface area contributed by atoms with Crippen LogP contribution in [0.1, 0.15) is 12.1 Å². The molecule has 0 spiro atoms. The van der Waals surface area contributed by atoms with E-state index >= 15 is 0 Å². The van der Waals surface area contributed by atoms with Crippen molar-refractivity contribution in [2.75, 3.05) is 6.61 Å². The summed E-state index contributed by atoms with van der Waals surface area (Å²) in [5.74, 6) is -1.04. The molecule has 0 saturated heterocycles. The summed E-state index contributed by atoms with van der Waals surface area (Å²) in [4.78, 5) is 29.7. The van der Waals surface area contributed by atoms with Gasteiger partial charge in [-0.15, -0.1) is 0 Å². The van der Waals surface area contributed by atoms with E-state index < -0.39 is 17.9 Å². The molecule has 0 aliphatic heterocycles. The number of hydrogen-bond acceptors (Lipinski definition) is 4. The average Bonchev–Trinajstić information content (AvgIpc) is 3.01. The Morgan fingerprint density at radius 3 is 2.83 bits per heavy atom. The van der Waals surface area contributed by atoms with Crippen molar-refractivity contribution in [3.05, 3.63) is 47.5 Å². The highest BCUT2D eigenvalue weighted by atomic mass is 35.5. The molecule has 8 heteroatoms. The molecule has 0 aliphatic carbocycles. The van der Waals surface area contributed by atoms with E-state index in [1.54, 1.807) is 24.3 Å². The molecule has 1 aromatic carbocycles. The van der Waals surface area contributed by atoms with Gasteiger partial charge in [-0.1, -0.05) is 23.7 Å². The van der Waals surface area contributed by atoms with E-state index in [4.69, 9.17) is 21.4 Å².